The summed E-state index contributed by atoms with van der Waals surface area (Å²) in [6.07, 6.45) is 1.42. The lowest BCUT2D eigenvalue weighted by Crippen LogP contribution is -2.03. The van der Waals surface area contributed by atoms with E-state index < -0.39 is 0 Å². The van der Waals surface area contributed by atoms with Crippen LogP contribution in [0.5, 0.6) is 0 Å². The Bertz CT molecular complexity index is 315. The van der Waals surface area contributed by atoms with Crippen molar-refractivity contribution in [1.29, 1.82) is 0 Å². The van der Waals surface area contributed by atoms with Gasteiger partial charge in [-0.25, -0.2) is 4.37 Å². The highest BCUT2D eigenvalue weighted by atomic mass is 32.1. The minimum absolute atomic E-state index is 0.233. The molecule has 1 unspecified atom stereocenters. The number of aliphatic hydroxyl groups excluding tert-OH is 1. The van der Waals surface area contributed by atoms with Crippen LogP contribution in [0.1, 0.15) is 38.7 Å². The molecule has 78 valence electrons. The summed E-state index contributed by atoms with van der Waals surface area (Å²) >= 11 is 1.40. The largest absolute Gasteiger partial charge is 0.387 e. The van der Waals surface area contributed by atoms with Crippen molar-refractivity contribution in [1.82, 2.24) is 4.37 Å². The molecule has 0 saturated heterocycles. The second-order valence-electron chi connectivity index (χ2n) is 5.28. The topological polar surface area (TPSA) is 33.1 Å². The number of aromatic nitrogens is 1. The number of nitrogens with zero attached hydrogens (tertiary/aromatic N) is 1. The maximum atomic E-state index is 10.2. The van der Waals surface area contributed by atoms with Gasteiger partial charge in [0.1, 0.15) is 0 Å². The first-order valence-electron chi connectivity index (χ1n) is 4.97. The van der Waals surface area contributed by atoms with E-state index in [1.807, 2.05) is 6.07 Å². The lowest BCUT2D eigenvalue weighted by atomic mass is 10.0. The van der Waals surface area contributed by atoms with Crippen LogP contribution in [0.15, 0.2) is 12.3 Å². The molecular weight excluding hydrogens is 194 g/mol. The van der Waals surface area contributed by atoms with Gasteiger partial charge in [0.25, 0.3) is 0 Å². The van der Waals surface area contributed by atoms with E-state index in [0.29, 0.717) is 5.92 Å². The van der Waals surface area contributed by atoms with Crippen molar-refractivity contribution in [2.24, 2.45) is 16.7 Å². The van der Waals surface area contributed by atoms with Gasteiger partial charge >= 0.3 is 0 Å². The number of rotatable bonds is 2. The summed E-state index contributed by atoms with van der Waals surface area (Å²) in [5.41, 5.74) is 0.465. The Morgan fingerprint density at radius 1 is 1.36 bits per heavy atom. The van der Waals surface area contributed by atoms with Gasteiger partial charge in [-0.15, -0.1) is 0 Å². The van der Waals surface area contributed by atoms with Gasteiger partial charge in [-0.1, -0.05) is 27.7 Å². The molecule has 2 nitrogen and oxygen atoms in total. The highest BCUT2D eigenvalue weighted by molar-refractivity contribution is 7.05. The molecule has 14 heavy (non-hydrogen) atoms. The van der Waals surface area contributed by atoms with E-state index in [4.69, 9.17) is 0 Å². The molecule has 0 aromatic carbocycles. The Kier molecular flexibility index (Phi) is 2.02. The zero-order valence-corrected chi connectivity index (χ0v) is 9.93. The zero-order valence-electron chi connectivity index (χ0n) is 9.11. The summed E-state index contributed by atoms with van der Waals surface area (Å²) < 4.78 is 4.03. The first-order chi connectivity index (χ1) is 6.39. The minimum Gasteiger partial charge on any atom is -0.387 e. The molecule has 0 aliphatic heterocycles. The third-order valence-electron chi connectivity index (χ3n) is 4.20. The van der Waals surface area contributed by atoms with Gasteiger partial charge in [0.05, 0.1) is 11.0 Å². The average Bonchev–Trinajstić information content (AvgIpc) is 2.53. The van der Waals surface area contributed by atoms with Gasteiger partial charge in [-0.2, -0.15) is 0 Å². The summed E-state index contributed by atoms with van der Waals surface area (Å²) in [4.78, 5) is 0.994. The van der Waals surface area contributed by atoms with E-state index >= 15 is 0 Å². The molecule has 1 aliphatic rings. The molecule has 1 heterocycles. The fourth-order valence-corrected chi connectivity index (χ4v) is 3.19. The van der Waals surface area contributed by atoms with Crippen molar-refractivity contribution >= 4 is 11.5 Å². The first-order valence-corrected chi connectivity index (χ1v) is 5.75. The Hall–Kier alpha value is -0.410. The van der Waals surface area contributed by atoms with Crippen LogP contribution in [-0.2, 0) is 0 Å². The first kappa shape index (κ1) is 10.1. The molecule has 0 spiro atoms. The lowest BCUT2D eigenvalue weighted by Gasteiger charge is -2.09. The fraction of sp³-hybridized carbons (Fsp3) is 0.727. The number of hydrogen-bond donors (Lipinski definition) is 1. The van der Waals surface area contributed by atoms with Gasteiger partial charge in [-0.05, 0) is 28.4 Å². The quantitative estimate of drug-likeness (QED) is 0.816. The molecular formula is C11H17NOS. The molecule has 1 saturated carbocycles. The van der Waals surface area contributed by atoms with Crippen LogP contribution in [0.4, 0.5) is 0 Å². The molecule has 1 fully saturated rings. The standard InChI is InChI=1S/C11H17NOS/c1-10(2)9(11(10,3)4)8(13)7-5-6-12-14-7/h5-6,8-9,13H,1-4H3. The highest BCUT2D eigenvalue weighted by Crippen LogP contribution is 2.72. The van der Waals surface area contributed by atoms with Gasteiger partial charge in [0.2, 0.25) is 0 Å². The summed E-state index contributed by atoms with van der Waals surface area (Å²) in [5.74, 6) is 0.357. The van der Waals surface area contributed by atoms with Crippen molar-refractivity contribution < 1.29 is 5.11 Å². The monoisotopic (exact) mass is 211 g/mol. The fourth-order valence-electron chi connectivity index (χ4n) is 2.58. The van der Waals surface area contributed by atoms with Crippen molar-refractivity contribution in [3.63, 3.8) is 0 Å². The Morgan fingerprint density at radius 3 is 2.29 bits per heavy atom. The van der Waals surface area contributed by atoms with Crippen molar-refractivity contribution in [3.05, 3.63) is 17.1 Å². The van der Waals surface area contributed by atoms with Crippen LogP contribution in [0.3, 0.4) is 0 Å². The molecule has 0 amide bonds. The van der Waals surface area contributed by atoms with Crippen LogP contribution in [-0.4, -0.2) is 9.48 Å². The molecule has 2 rings (SSSR count). The summed E-state index contributed by atoms with van der Waals surface area (Å²) in [7, 11) is 0. The molecule has 1 aliphatic carbocycles. The molecule has 1 N–H and O–H groups in total. The van der Waals surface area contributed by atoms with Gasteiger partial charge in [-0.3, -0.25) is 0 Å². The Balaban J connectivity index is 2.20. The number of hydrogen-bond acceptors (Lipinski definition) is 3. The second-order valence-corrected chi connectivity index (χ2v) is 6.15. The van der Waals surface area contributed by atoms with Crippen molar-refractivity contribution in [2.45, 2.75) is 33.8 Å². The van der Waals surface area contributed by atoms with E-state index in [2.05, 4.69) is 32.1 Å². The SMILES string of the molecule is CC1(C)C(C(O)c2ccns2)C1(C)C. The second kappa shape index (κ2) is 2.80. The van der Waals surface area contributed by atoms with Crippen LogP contribution in [0.25, 0.3) is 0 Å². The summed E-state index contributed by atoms with van der Waals surface area (Å²) in [6, 6.07) is 1.92. The molecule has 3 heteroatoms. The van der Waals surface area contributed by atoms with Crippen LogP contribution in [0, 0.1) is 16.7 Å². The van der Waals surface area contributed by atoms with E-state index in [0.717, 1.165) is 4.88 Å². The minimum atomic E-state index is -0.340. The van der Waals surface area contributed by atoms with E-state index in [9.17, 15) is 5.11 Å². The van der Waals surface area contributed by atoms with Gasteiger partial charge < -0.3 is 5.11 Å². The third-order valence-corrected chi connectivity index (χ3v) is 5.01. The smallest absolute Gasteiger partial charge is 0.0936 e. The van der Waals surface area contributed by atoms with Crippen LogP contribution >= 0.6 is 11.5 Å². The molecule has 1 atom stereocenters. The van der Waals surface area contributed by atoms with Gasteiger partial charge in [0, 0.05) is 12.1 Å². The van der Waals surface area contributed by atoms with E-state index in [1.165, 1.54) is 11.5 Å². The Morgan fingerprint density at radius 2 is 1.93 bits per heavy atom. The maximum absolute atomic E-state index is 10.2. The molecule has 1 aromatic rings. The normalized spacial score (nSPS) is 26.1. The van der Waals surface area contributed by atoms with Crippen LogP contribution in [0.2, 0.25) is 0 Å². The summed E-state index contributed by atoms with van der Waals surface area (Å²) in [6.45, 7) is 8.90. The zero-order chi connectivity index (χ0) is 10.6. The average molecular weight is 211 g/mol. The lowest BCUT2D eigenvalue weighted by molar-refractivity contribution is 0.134. The van der Waals surface area contributed by atoms with Crippen molar-refractivity contribution in [3.8, 4) is 0 Å². The molecule has 1 aromatic heterocycles. The van der Waals surface area contributed by atoms with E-state index in [1.54, 1.807) is 6.20 Å². The predicted molar refractivity (Wildman–Crippen MR) is 58.1 cm³/mol. The van der Waals surface area contributed by atoms with Gasteiger partial charge in [0.15, 0.2) is 0 Å². The molecule has 0 bridgehead atoms. The predicted octanol–water partition coefficient (Wildman–Crippen LogP) is 2.86. The molecule has 0 radical (unpaired) electrons. The van der Waals surface area contributed by atoms with Crippen molar-refractivity contribution in [2.75, 3.05) is 0 Å². The highest BCUT2D eigenvalue weighted by Gasteiger charge is 2.67. The maximum Gasteiger partial charge on any atom is 0.0936 e. The third kappa shape index (κ3) is 1.15. The summed E-state index contributed by atoms with van der Waals surface area (Å²) in [5, 5.41) is 10.2. The van der Waals surface area contributed by atoms with E-state index in [-0.39, 0.29) is 16.9 Å². The van der Waals surface area contributed by atoms with Crippen LogP contribution < -0.4 is 0 Å². The number of aliphatic hydroxyl groups is 1. The Labute approximate surface area is 89.1 Å².